The molecule has 1 aromatic heterocycles. The Morgan fingerprint density at radius 2 is 2.00 bits per heavy atom. The van der Waals surface area contributed by atoms with E-state index in [2.05, 4.69) is 11.9 Å². The number of aromatic nitrogens is 3. The molecule has 1 aromatic rings. The van der Waals surface area contributed by atoms with Gasteiger partial charge in [0.1, 0.15) is 5.82 Å². The second kappa shape index (κ2) is 5.98. The number of rotatable bonds is 5. The number of hydrogen-bond donors (Lipinski definition) is 0. The smallest absolute Gasteiger partial charge is 0.281 e. The third-order valence-electron chi connectivity index (χ3n) is 3.50. The summed E-state index contributed by atoms with van der Waals surface area (Å²) < 4.78 is 2.97. The summed E-state index contributed by atoms with van der Waals surface area (Å²) in [5, 5.41) is 0. The molecule has 2 heterocycles. The van der Waals surface area contributed by atoms with Crippen molar-refractivity contribution in [2.45, 2.75) is 65.0 Å². The Labute approximate surface area is 106 Å². The first kappa shape index (κ1) is 13.1. The van der Waals surface area contributed by atoms with E-state index < -0.39 is 0 Å². The lowest BCUT2D eigenvalue weighted by Gasteiger charge is -2.17. The highest BCUT2D eigenvalue weighted by molar-refractivity contribution is 4.92. The van der Waals surface area contributed by atoms with Crippen LogP contribution in [0.3, 0.4) is 0 Å². The van der Waals surface area contributed by atoms with Gasteiger partial charge in [-0.25, -0.2) is 14.2 Å². The summed E-state index contributed by atoms with van der Waals surface area (Å²) in [4.78, 5) is 28.0. The maximum Gasteiger partial charge on any atom is 0.353 e. The van der Waals surface area contributed by atoms with Gasteiger partial charge in [-0.3, -0.25) is 4.57 Å². The van der Waals surface area contributed by atoms with E-state index in [4.69, 9.17) is 0 Å². The van der Waals surface area contributed by atoms with Crippen molar-refractivity contribution < 1.29 is 0 Å². The molecule has 0 atom stereocenters. The van der Waals surface area contributed by atoms with Crippen molar-refractivity contribution in [2.24, 2.45) is 0 Å². The van der Waals surface area contributed by atoms with E-state index in [-0.39, 0.29) is 11.4 Å². The summed E-state index contributed by atoms with van der Waals surface area (Å²) in [7, 11) is 0. The van der Waals surface area contributed by atoms with Gasteiger partial charge in [0, 0.05) is 19.5 Å². The molecule has 0 saturated carbocycles. The number of aryl methyl sites for hydroxylation is 1. The van der Waals surface area contributed by atoms with E-state index in [1.165, 1.54) is 4.57 Å². The predicted molar refractivity (Wildman–Crippen MR) is 69.8 cm³/mol. The maximum absolute atomic E-state index is 12.2. The van der Waals surface area contributed by atoms with Crippen molar-refractivity contribution in [3.63, 3.8) is 0 Å². The molecule has 0 aliphatic carbocycles. The fraction of sp³-hybridized carbons (Fsp3) is 0.769. The highest BCUT2D eigenvalue weighted by Crippen LogP contribution is 2.07. The van der Waals surface area contributed by atoms with Gasteiger partial charge in [0.05, 0.1) is 0 Å². The SMILES string of the molecule is CCCCCCn1c(=O)nc2n(c1=O)CCCC2. The van der Waals surface area contributed by atoms with Gasteiger partial charge in [-0.1, -0.05) is 26.2 Å². The van der Waals surface area contributed by atoms with Gasteiger partial charge >= 0.3 is 11.4 Å². The second-order valence-electron chi connectivity index (χ2n) is 4.91. The normalized spacial score (nSPS) is 14.5. The van der Waals surface area contributed by atoms with Crippen molar-refractivity contribution in [2.75, 3.05) is 0 Å². The largest absolute Gasteiger partial charge is 0.353 e. The molecule has 0 N–H and O–H groups in total. The van der Waals surface area contributed by atoms with Gasteiger partial charge in [-0.15, -0.1) is 0 Å². The molecular formula is C13H21N3O2. The van der Waals surface area contributed by atoms with Crippen LogP contribution in [0.4, 0.5) is 0 Å². The molecule has 5 heteroatoms. The van der Waals surface area contributed by atoms with Crippen molar-refractivity contribution in [3.8, 4) is 0 Å². The lowest BCUT2D eigenvalue weighted by molar-refractivity contribution is 0.433. The third-order valence-corrected chi connectivity index (χ3v) is 3.50. The molecule has 0 saturated heterocycles. The Kier molecular flexibility index (Phi) is 4.33. The molecule has 100 valence electrons. The number of unbranched alkanes of at least 4 members (excludes halogenated alkanes) is 3. The van der Waals surface area contributed by atoms with Crippen LogP contribution in [0.2, 0.25) is 0 Å². The van der Waals surface area contributed by atoms with E-state index >= 15 is 0 Å². The first-order chi connectivity index (χ1) is 8.74. The third kappa shape index (κ3) is 2.71. The van der Waals surface area contributed by atoms with Crippen LogP contribution in [0.15, 0.2) is 9.59 Å². The molecule has 1 aliphatic heterocycles. The lowest BCUT2D eigenvalue weighted by Crippen LogP contribution is -2.44. The Balaban J connectivity index is 2.20. The average Bonchev–Trinajstić information content (AvgIpc) is 2.38. The molecule has 0 spiro atoms. The number of fused-ring (bicyclic) bond motifs is 1. The summed E-state index contributed by atoms with van der Waals surface area (Å²) in [6.07, 6.45) is 7.01. The highest BCUT2D eigenvalue weighted by Gasteiger charge is 2.15. The molecular weight excluding hydrogens is 230 g/mol. The summed E-state index contributed by atoms with van der Waals surface area (Å²) >= 11 is 0. The van der Waals surface area contributed by atoms with Gasteiger partial charge in [-0.05, 0) is 19.3 Å². The Bertz CT molecular complexity index is 516. The maximum atomic E-state index is 12.2. The topological polar surface area (TPSA) is 56.9 Å². The number of hydrogen-bond acceptors (Lipinski definition) is 3. The van der Waals surface area contributed by atoms with E-state index in [0.29, 0.717) is 18.9 Å². The van der Waals surface area contributed by atoms with E-state index in [1.54, 1.807) is 4.57 Å². The van der Waals surface area contributed by atoms with Crippen molar-refractivity contribution in [1.29, 1.82) is 0 Å². The Hall–Kier alpha value is -1.39. The van der Waals surface area contributed by atoms with Gasteiger partial charge in [0.2, 0.25) is 0 Å². The molecule has 0 unspecified atom stereocenters. The zero-order chi connectivity index (χ0) is 13.0. The van der Waals surface area contributed by atoms with Crippen LogP contribution >= 0.6 is 0 Å². The zero-order valence-corrected chi connectivity index (χ0v) is 11.0. The van der Waals surface area contributed by atoms with Crippen LogP contribution in [0.25, 0.3) is 0 Å². The minimum Gasteiger partial charge on any atom is -0.281 e. The predicted octanol–water partition coefficient (Wildman–Crippen LogP) is 1.32. The molecule has 2 rings (SSSR count). The molecule has 5 nitrogen and oxygen atoms in total. The summed E-state index contributed by atoms with van der Waals surface area (Å²) in [6.45, 7) is 3.35. The van der Waals surface area contributed by atoms with Crippen molar-refractivity contribution in [3.05, 3.63) is 26.8 Å². The standard InChI is InChI=1S/C13H21N3O2/c1-2-3-4-6-10-16-12(17)14-11-8-5-7-9-15(11)13(16)18/h2-10H2,1H3. The van der Waals surface area contributed by atoms with E-state index in [9.17, 15) is 9.59 Å². The Morgan fingerprint density at radius 3 is 2.78 bits per heavy atom. The van der Waals surface area contributed by atoms with Gasteiger partial charge in [-0.2, -0.15) is 4.98 Å². The first-order valence-electron chi connectivity index (χ1n) is 6.94. The first-order valence-corrected chi connectivity index (χ1v) is 6.94. The van der Waals surface area contributed by atoms with Crippen LogP contribution in [0, 0.1) is 0 Å². The number of nitrogens with zero attached hydrogens (tertiary/aromatic N) is 3. The lowest BCUT2D eigenvalue weighted by atomic mass is 10.1. The summed E-state index contributed by atoms with van der Waals surface area (Å²) in [6, 6.07) is 0. The fourth-order valence-electron chi connectivity index (χ4n) is 2.43. The molecule has 0 radical (unpaired) electrons. The minimum atomic E-state index is -0.371. The van der Waals surface area contributed by atoms with Crippen LogP contribution in [-0.4, -0.2) is 14.1 Å². The van der Waals surface area contributed by atoms with Gasteiger partial charge < -0.3 is 0 Å². The minimum absolute atomic E-state index is 0.166. The van der Waals surface area contributed by atoms with Gasteiger partial charge in [0.25, 0.3) is 0 Å². The van der Waals surface area contributed by atoms with Crippen molar-refractivity contribution in [1.82, 2.24) is 14.1 Å². The highest BCUT2D eigenvalue weighted by atomic mass is 16.2. The summed E-state index contributed by atoms with van der Waals surface area (Å²) in [5.74, 6) is 0.668. The van der Waals surface area contributed by atoms with Crippen LogP contribution < -0.4 is 11.4 Å². The van der Waals surface area contributed by atoms with E-state index in [1.807, 2.05) is 0 Å². The fourth-order valence-corrected chi connectivity index (χ4v) is 2.43. The zero-order valence-electron chi connectivity index (χ0n) is 11.0. The second-order valence-corrected chi connectivity index (χ2v) is 4.91. The molecule has 0 amide bonds. The molecule has 18 heavy (non-hydrogen) atoms. The average molecular weight is 251 g/mol. The Morgan fingerprint density at radius 1 is 1.17 bits per heavy atom. The van der Waals surface area contributed by atoms with Crippen LogP contribution in [0.5, 0.6) is 0 Å². The monoisotopic (exact) mass is 251 g/mol. The van der Waals surface area contributed by atoms with Crippen LogP contribution in [0.1, 0.15) is 51.3 Å². The molecule has 0 aromatic carbocycles. The van der Waals surface area contributed by atoms with Gasteiger partial charge in [0.15, 0.2) is 0 Å². The van der Waals surface area contributed by atoms with E-state index in [0.717, 1.165) is 44.9 Å². The molecule has 1 aliphatic rings. The van der Waals surface area contributed by atoms with Crippen LogP contribution in [-0.2, 0) is 19.5 Å². The van der Waals surface area contributed by atoms with Crippen molar-refractivity contribution >= 4 is 0 Å². The molecule has 0 fully saturated rings. The quantitative estimate of drug-likeness (QED) is 0.742. The molecule has 0 bridgehead atoms. The summed E-state index contributed by atoms with van der Waals surface area (Å²) in [5.41, 5.74) is -0.536.